The van der Waals surface area contributed by atoms with Crippen LogP contribution >= 0.6 is 35.0 Å². The Balaban J connectivity index is 1.61. The van der Waals surface area contributed by atoms with Gasteiger partial charge in [-0.1, -0.05) is 41.0 Å². The van der Waals surface area contributed by atoms with Crippen LogP contribution in [-0.2, 0) is 15.6 Å². The van der Waals surface area contributed by atoms with Crippen LogP contribution in [0.4, 0.5) is 10.1 Å². The standard InChI is InChI=1S/C18H15Cl2FN2O2S2/c19-12-2-5-14(6-3-12)23-17-10-27(24,25)9-16(17)22-18(23)26-8-11-1-4-13(21)7-15(11)20/h1-7,16-17H,8-10H2. The Morgan fingerprint density at radius 2 is 1.89 bits per heavy atom. The van der Waals surface area contributed by atoms with Gasteiger partial charge in [-0.2, -0.15) is 0 Å². The second-order valence-electron chi connectivity index (χ2n) is 6.49. The van der Waals surface area contributed by atoms with Crippen LogP contribution in [0.3, 0.4) is 0 Å². The Morgan fingerprint density at radius 1 is 1.15 bits per heavy atom. The van der Waals surface area contributed by atoms with E-state index in [-0.39, 0.29) is 29.4 Å². The normalized spacial score (nSPS) is 23.4. The zero-order valence-electron chi connectivity index (χ0n) is 14.0. The molecule has 2 aliphatic heterocycles. The largest absolute Gasteiger partial charge is 0.315 e. The van der Waals surface area contributed by atoms with E-state index in [0.717, 1.165) is 16.4 Å². The monoisotopic (exact) mass is 444 g/mol. The van der Waals surface area contributed by atoms with Crippen LogP contribution in [0.25, 0.3) is 0 Å². The molecular formula is C18H15Cl2FN2O2S2. The molecular weight excluding hydrogens is 430 g/mol. The van der Waals surface area contributed by atoms with E-state index in [4.69, 9.17) is 23.2 Å². The highest BCUT2D eigenvalue weighted by molar-refractivity contribution is 8.13. The molecule has 0 saturated carbocycles. The molecule has 2 atom stereocenters. The van der Waals surface area contributed by atoms with E-state index in [1.165, 1.54) is 23.9 Å². The summed E-state index contributed by atoms with van der Waals surface area (Å²) < 4.78 is 37.4. The number of anilines is 1. The Kier molecular flexibility index (Phi) is 5.14. The zero-order valence-corrected chi connectivity index (χ0v) is 17.1. The van der Waals surface area contributed by atoms with E-state index in [1.807, 2.05) is 17.0 Å². The molecule has 2 heterocycles. The summed E-state index contributed by atoms with van der Waals surface area (Å²) in [5.41, 5.74) is 1.65. The lowest BCUT2D eigenvalue weighted by atomic mass is 10.1. The van der Waals surface area contributed by atoms with E-state index >= 15 is 0 Å². The van der Waals surface area contributed by atoms with Crippen LogP contribution in [0.5, 0.6) is 0 Å². The van der Waals surface area contributed by atoms with Crippen molar-refractivity contribution >= 4 is 55.7 Å². The summed E-state index contributed by atoms with van der Waals surface area (Å²) in [7, 11) is -3.10. The molecule has 0 spiro atoms. The van der Waals surface area contributed by atoms with Crippen LogP contribution in [-0.4, -0.2) is 37.2 Å². The Bertz CT molecular complexity index is 1010. The molecule has 4 nitrogen and oxygen atoms in total. The molecule has 9 heteroatoms. The fraction of sp³-hybridized carbons (Fsp3) is 0.278. The maximum atomic E-state index is 13.2. The Labute approximate surface area is 171 Å². The fourth-order valence-electron chi connectivity index (χ4n) is 3.32. The van der Waals surface area contributed by atoms with Gasteiger partial charge in [0.25, 0.3) is 0 Å². The minimum atomic E-state index is -3.10. The second kappa shape index (κ2) is 7.28. The number of hydrogen-bond donors (Lipinski definition) is 0. The minimum absolute atomic E-state index is 0.0587. The topological polar surface area (TPSA) is 49.7 Å². The highest BCUT2D eigenvalue weighted by Crippen LogP contribution is 2.36. The highest BCUT2D eigenvalue weighted by atomic mass is 35.5. The van der Waals surface area contributed by atoms with Gasteiger partial charge in [0.2, 0.25) is 0 Å². The summed E-state index contributed by atoms with van der Waals surface area (Å²) in [6.07, 6.45) is 0. The van der Waals surface area contributed by atoms with Gasteiger partial charge in [0.15, 0.2) is 15.0 Å². The third-order valence-electron chi connectivity index (χ3n) is 4.58. The number of amidine groups is 1. The first-order valence-corrected chi connectivity index (χ1v) is 11.8. The van der Waals surface area contributed by atoms with Crippen molar-refractivity contribution in [3.63, 3.8) is 0 Å². The lowest BCUT2D eigenvalue weighted by molar-refractivity contribution is 0.601. The van der Waals surface area contributed by atoms with Crippen molar-refractivity contribution in [2.75, 3.05) is 16.4 Å². The molecule has 1 saturated heterocycles. The van der Waals surface area contributed by atoms with Crippen molar-refractivity contribution in [3.8, 4) is 0 Å². The number of benzene rings is 2. The van der Waals surface area contributed by atoms with Gasteiger partial charge in [-0.25, -0.2) is 12.8 Å². The molecule has 0 bridgehead atoms. The predicted octanol–water partition coefficient (Wildman–Crippen LogP) is 4.41. The number of fused-ring (bicyclic) bond motifs is 1. The third kappa shape index (κ3) is 3.97. The van der Waals surface area contributed by atoms with Gasteiger partial charge in [-0.05, 0) is 42.0 Å². The zero-order chi connectivity index (χ0) is 19.2. The van der Waals surface area contributed by atoms with E-state index in [2.05, 4.69) is 4.99 Å². The van der Waals surface area contributed by atoms with Crippen molar-refractivity contribution in [2.24, 2.45) is 4.99 Å². The summed E-state index contributed by atoms with van der Waals surface area (Å²) >= 11 is 13.6. The van der Waals surface area contributed by atoms with Gasteiger partial charge in [0.1, 0.15) is 5.82 Å². The van der Waals surface area contributed by atoms with Crippen LogP contribution in [0.2, 0.25) is 10.0 Å². The van der Waals surface area contributed by atoms with E-state index in [9.17, 15) is 12.8 Å². The van der Waals surface area contributed by atoms with Crippen molar-refractivity contribution in [2.45, 2.75) is 17.8 Å². The summed E-state index contributed by atoms with van der Waals surface area (Å²) in [5, 5.41) is 1.71. The first-order valence-electron chi connectivity index (χ1n) is 8.22. The highest BCUT2D eigenvalue weighted by Gasteiger charge is 2.47. The number of sulfone groups is 1. The third-order valence-corrected chi connectivity index (χ3v) is 7.90. The van der Waals surface area contributed by atoms with Gasteiger partial charge >= 0.3 is 0 Å². The fourth-order valence-corrected chi connectivity index (χ4v) is 6.73. The van der Waals surface area contributed by atoms with E-state index < -0.39 is 9.84 Å². The van der Waals surface area contributed by atoms with Gasteiger partial charge < -0.3 is 4.90 Å². The summed E-state index contributed by atoms with van der Waals surface area (Å²) in [4.78, 5) is 6.63. The van der Waals surface area contributed by atoms with Crippen LogP contribution in [0.1, 0.15) is 5.56 Å². The van der Waals surface area contributed by atoms with Gasteiger partial charge in [-0.3, -0.25) is 4.99 Å². The van der Waals surface area contributed by atoms with E-state index in [0.29, 0.717) is 15.8 Å². The molecule has 142 valence electrons. The summed E-state index contributed by atoms with van der Waals surface area (Å²) in [6.45, 7) is 0. The number of thioether (sulfide) groups is 1. The summed E-state index contributed by atoms with van der Waals surface area (Å²) in [5.74, 6) is 0.261. The molecule has 0 aromatic heterocycles. The predicted molar refractivity (Wildman–Crippen MR) is 110 cm³/mol. The first kappa shape index (κ1) is 19.1. The van der Waals surface area contributed by atoms with E-state index in [1.54, 1.807) is 18.2 Å². The number of halogens is 3. The minimum Gasteiger partial charge on any atom is -0.315 e. The van der Waals surface area contributed by atoms with Gasteiger partial charge in [0, 0.05) is 21.5 Å². The summed E-state index contributed by atoms with van der Waals surface area (Å²) in [6, 6.07) is 11.1. The first-order chi connectivity index (χ1) is 12.8. The molecule has 0 aliphatic carbocycles. The number of nitrogens with zero attached hydrogens (tertiary/aromatic N) is 2. The number of hydrogen-bond acceptors (Lipinski definition) is 5. The van der Waals surface area contributed by atoms with Gasteiger partial charge in [0.05, 0.1) is 23.6 Å². The number of aliphatic imine (C=N–C) groups is 1. The Morgan fingerprint density at radius 3 is 2.59 bits per heavy atom. The maximum Gasteiger partial charge on any atom is 0.164 e. The molecule has 1 fully saturated rings. The lowest BCUT2D eigenvalue weighted by Crippen LogP contribution is -2.39. The van der Waals surface area contributed by atoms with Crippen LogP contribution in [0.15, 0.2) is 47.5 Å². The molecule has 2 unspecified atom stereocenters. The van der Waals surface area contributed by atoms with Crippen molar-refractivity contribution in [1.82, 2.24) is 0 Å². The molecule has 4 rings (SSSR count). The molecule has 27 heavy (non-hydrogen) atoms. The smallest absolute Gasteiger partial charge is 0.164 e. The molecule has 0 radical (unpaired) electrons. The van der Waals surface area contributed by atoms with Crippen molar-refractivity contribution < 1.29 is 12.8 Å². The van der Waals surface area contributed by atoms with Crippen LogP contribution in [0, 0.1) is 5.82 Å². The van der Waals surface area contributed by atoms with Gasteiger partial charge in [-0.15, -0.1) is 0 Å². The lowest BCUT2D eigenvalue weighted by Gasteiger charge is -2.26. The Hall–Kier alpha value is -1.28. The quantitative estimate of drug-likeness (QED) is 0.703. The molecule has 2 aliphatic rings. The van der Waals surface area contributed by atoms with Crippen molar-refractivity contribution in [1.29, 1.82) is 0 Å². The maximum absolute atomic E-state index is 13.2. The average Bonchev–Trinajstić information content (AvgIpc) is 3.06. The molecule has 0 amide bonds. The second-order valence-corrected chi connectivity index (χ2v) is 10.4. The molecule has 0 N–H and O–H groups in total. The molecule has 2 aromatic carbocycles. The SMILES string of the molecule is O=S1(=O)CC2N=C(SCc3ccc(F)cc3Cl)N(c3ccc(Cl)cc3)C2C1. The van der Waals surface area contributed by atoms with Crippen molar-refractivity contribution in [3.05, 3.63) is 63.9 Å². The van der Waals surface area contributed by atoms with Crippen LogP contribution < -0.4 is 4.90 Å². The number of rotatable bonds is 3. The molecule has 2 aromatic rings. The average molecular weight is 445 g/mol.